The maximum atomic E-state index is 11.9. The highest BCUT2D eigenvalue weighted by Gasteiger charge is 2.39. The van der Waals surface area contributed by atoms with Crippen molar-refractivity contribution in [3.8, 4) is 0 Å². The predicted octanol–water partition coefficient (Wildman–Crippen LogP) is -0.0418. The zero-order chi connectivity index (χ0) is 40.4. The van der Waals surface area contributed by atoms with Gasteiger partial charge in [-0.15, -0.1) is 10.2 Å². The van der Waals surface area contributed by atoms with Gasteiger partial charge in [0.25, 0.3) is 0 Å². The number of likely N-dealkylation sites (tertiary alicyclic amines) is 2. The molecule has 2 atom stereocenters. The first-order chi connectivity index (χ1) is 27.4. The van der Waals surface area contributed by atoms with Crippen LogP contribution < -0.4 is 10.2 Å². The van der Waals surface area contributed by atoms with Gasteiger partial charge in [-0.1, -0.05) is 13.8 Å². The van der Waals surface area contributed by atoms with Gasteiger partial charge in [0.15, 0.2) is 0 Å². The van der Waals surface area contributed by atoms with Gasteiger partial charge in [-0.2, -0.15) is 9.18 Å². The molecule has 2 aliphatic rings. The van der Waals surface area contributed by atoms with Crippen LogP contribution in [0.3, 0.4) is 0 Å². The van der Waals surface area contributed by atoms with Crippen LogP contribution in [0, 0.1) is 0 Å². The van der Waals surface area contributed by atoms with E-state index in [1.54, 1.807) is 13.8 Å². The van der Waals surface area contributed by atoms with Crippen LogP contribution in [0.2, 0.25) is 0 Å². The number of ether oxygens (including phenoxy) is 10. The zero-order valence-corrected chi connectivity index (χ0v) is 34.4. The molecule has 2 unspecified atom stereocenters. The maximum absolute atomic E-state index is 11.9. The number of nitrogens with zero attached hydrogens (tertiary/aromatic N) is 4. The molecule has 56 heavy (non-hydrogen) atoms. The Labute approximate surface area is 334 Å². The number of aliphatic hydroxyl groups is 2. The van der Waals surface area contributed by atoms with Gasteiger partial charge in [0.05, 0.1) is 119 Å². The molecule has 2 rings (SSSR count). The summed E-state index contributed by atoms with van der Waals surface area (Å²) in [6.45, 7) is 14.2. The van der Waals surface area contributed by atoms with Crippen LogP contribution in [0.4, 0.5) is 0 Å². The van der Waals surface area contributed by atoms with Gasteiger partial charge < -0.3 is 67.8 Å². The van der Waals surface area contributed by atoms with Crippen LogP contribution in [0.25, 0.3) is 0 Å². The molecule has 0 aromatic heterocycles. The number of hydrogen-bond donors (Lipinski definition) is 2. The van der Waals surface area contributed by atoms with Gasteiger partial charge in [-0.25, -0.2) is 0 Å². The highest BCUT2D eigenvalue weighted by molar-refractivity contribution is 5.70. The van der Waals surface area contributed by atoms with E-state index in [1.165, 1.54) is 0 Å². The van der Waals surface area contributed by atoms with E-state index in [9.17, 15) is 20.4 Å². The Kier molecular flexibility index (Phi) is 30.0. The highest BCUT2D eigenvalue weighted by atomic mass is 16.6. The maximum Gasteiger partial charge on any atom is 0.239 e. The molecule has 2 saturated heterocycles. The molecule has 0 radical (unpaired) electrons. The predicted molar refractivity (Wildman–Crippen MR) is 203 cm³/mol. The van der Waals surface area contributed by atoms with E-state index in [2.05, 4.69) is 10.2 Å². The molecule has 0 bridgehead atoms. The number of rotatable bonds is 37. The van der Waals surface area contributed by atoms with Gasteiger partial charge in [-0.3, -0.25) is 0 Å². The summed E-state index contributed by atoms with van der Waals surface area (Å²) in [6, 6.07) is 0. The molecule has 2 aliphatic heterocycles. The quantitative estimate of drug-likeness (QED) is 0.0366. The lowest BCUT2D eigenvalue weighted by Gasteiger charge is -2.40. The minimum absolute atomic E-state index is 0.0520. The van der Waals surface area contributed by atoms with Gasteiger partial charge in [0.2, 0.25) is 12.5 Å². The first-order valence-corrected chi connectivity index (χ1v) is 20.8. The molecule has 0 aromatic carbocycles. The van der Waals surface area contributed by atoms with Crippen molar-refractivity contribution < 1.29 is 77.0 Å². The molecule has 0 aliphatic carbocycles. The Morgan fingerprint density at radius 3 is 0.839 bits per heavy atom. The molecule has 18 heteroatoms. The van der Waals surface area contributed by atoms with E-state index < -0.39 is 12.5 Å². The summed E-state index contributed by atoms with van der Waals surface area (Å²) in [5.41, 5.74) is 0. The third-order valence-electron chi connectivity index (χ3n) is 9.40. The lowest BCUT2D eigenvalue weighted by molar-refractivity contribution is -0.982. The third kappa shape index (κ3) is 23.1. The van der Waals surface area contributed by atoms with E-state index in [-0.39, 0.29) is 34.2 Å². The Bertz CT molecular complexity index is 910. The Hall–Kier alpha value is -1.62. The fraction of sp³-hybridized carbons (Fsp3) is 0.947. The van der Waals surface area contributed by atoms with Crippen molar-refractivity contribution >= 4 is 11.8 Å². The largest absolute Gasteiger partial charge is 0.858 e. The molecule has 2 heterocycles. The van der Waals surface area contributed by atoms with Gasteiger partial charge in [-0.05, 0) is 51.4 Å². The lowest BCUT2D eigenvalue weighted by Crippen LogP contribution is -2.57. The van der Waals surface area contributed by atoms with Gasteiger partial charge in [0, 0.05) is 11.8 Å². The summed E-state index contributed by atoms with van der Waals surface area (Å²) in [5.74, 6) is -0.379. The standard InChI is InChI=1S/C38H74N4O14/c1-3-35(43)39-41(11-7-5-8-12-41)37(45)33-55-31-29-53-27-25-51-23-21-49-19-17-47-15-16-48-18-20-50-22-24-52-26-28-54-30-32-56-34-38(46)42(40-36(44)4-2)13-9-6-10-14-42/h37-38,45-46H,3-34H2,1-2H3. The molecule has 0 spiro atoms. The van der Waals surface area contributed by atoms with Crippen molar-refractivity contribution in [1.29, 1.82) is 0 Å². The smallest absolute Gasteiger partial charge is 0.239 e. The molecule has 2 N–H and O–H groups in total. The monoisotopic (exact) mass is 811 g/mol. The SMILES string of the molecule is CC/C([O-])=N/[N+]1(C(O)COCCOCCOCCOCCOCCOCCOCCOCCOCCOCC(O)[N+]2(/N=C(\[O-])CC)CCCCC2)CCCCC1. The Balaban J connectivity index is 1.25. The summed E-state index contributed by atoms with van der Waals surface area (Å²) in [4.78, 5) is 0. The number of quaternary nitrogens is 2. The molecule has 0 saturated carbocycles. The fourth-order valence-corrected chi connectivity index (χ4v) is 6.17. The molecule has 0 aromatic rings. The van der Waals surface area contributed by atoms with E-state index in [0.717, 1.165) is 38.5 Å². The van der Waals surface area contributed by atoms with Crippen LogP contribution in [0.1, 0.15) is 65.2 Å². The van der Waals surface area contributed by atoms with Crippen molar-refractivity contribution in [2.24, 2.45) is 10.2 Å². The van der Waals surface area contributed by atoms with E-state index in [4.69, 9.17) is 47.4 Å². The van der Waals surface area contributed by atoms with E-state index in [0.29, 0.717) is 158 Å². The van der Waals surface area contributed by atoms with E-state index in [1.807, 2.05) is 0 Å². The normalized spacial score (nSPS) is 18.6. The van der Waals surface area contributed by atoms with Crippen LogP contribution >= 0.6 is 0 Å². The van der Waals surface area contributed by atoms with Crippen LogP contribution in [-0.2, 0) is 47.4 Å². The average Bonchev–Trinajstić information content (AvgIpc) is 3.21. The average molecular weight is 811 g/mol. The zero-order valence-electron chi connectivity index (χ0n) is 34.4. The van der Waals surface area contributed by atoms with Crippen molar-refractivity contribution in [1.82, 2.24) is 0 Å². The Morgan fingerprint density at radius 2 is 0.625 bits per heavy atom. The van der Waals surface area contributed by atoms with Crippen molar-refractivity contribution in [3.63, 3.8) is 0 Å². The van der Waals surface area contributed by atoms with Crippen LogP contribution in [0.15, 0.2) is 10.2 Å². The lowest BCUT2D eigenvalue weighted by atomic mass is 10.1. The van der Waals surface area contributed by atoms with Gasteiger partial charge >= 0.3 is 0 Å². The molecule has 330 valence electrons. The van der Waals surface area contributed by atoms with Crippen LogP contribution in [0.5, 0.6) is 0 Å². The van der Waals surface area contributed by atoms with Crippen molar-refractivity contribution in [2.45, 2.75) is 77.7 Å². The van der Waals surface area contributed by atoms with Crippen LogP contribution in [-0.4, -0.2) is 202 Å². The molecule has 0 amide bonds. The Morgan fingerprint density at radius 1 is 0.411 bits per heavy atom. The van der Waals surface area contributed by atoms with Crippen molar-refractivity contribution in [2.75, 3.05) is 158 Å². The van der Waals surface area contributed by atoms with Gasteiger partial charge in [0.1, 0.15) is 39.4 Å². The molecular formula is C38H74N4O14. The summed E-state index contributed by atoms with van der Waals surface area (Å²) in [7, 11) is 0. The molecule has 2 fully saturated rings. The number of aliphatic hydroxyl groups excluding tert-OH is 2. The third-order valence-corrected chi connectivity index (χ3v) is 9.40. The summed E-state index contributed by atoms with van der Waals surface area (Å²) >= 11 is 0. The second kappa shape index (κ2) is 33.2. The number of hydrogen-bond acceptors (Lipinski definition) is 16. The fourth-order valence-electron chi connectivity index (χ4n) is 6.17. The second-order valence-electron chi connectivity index (χ2n) is 13.7. The molecular weight excluding hydrogens is 736 g/mol. The second-order valence-corrected chi connectivity index (χ2v) is 13.7. The first-order valence-electron chi connectivity index (χ1n) is 20.8. The van der Waals surface area contributed by atoms with E-state index >= 15 is 0 Å². The van der Waals surface area contributed by atoms with Crippen molar-refractivity contribution in [3.05, 3.63) is 0 Å². The summed E-state index contributed by atoms with van der Waals surface area (Å²) in [5, 5.41) is 53.9. The topological polar surface area (TPSA) is 204 Å². The minimum atomic E-state index is -0.856. The minimum Gasteiger partial charge on any atom is -0.858 e. The summed E-state index contributed by atoms with van der Waals surface area (Å²) < 4.78 is 55.4. The number of piperidine rings is 2. The summed E-state index contributed by atoms with van der Waals surface area (Å²) in [6.07, 6.45) is 4.86. The highest BCUT2D eigenvalue weighted by Crippen LogP contribution is 2.24. The first kappa shape index (κ1) is 50.5. The molecule has 18 nitrogen and oxygen atoms in total.